The van der Waals surface area contributed by atoms with Crippen LogP contribution >= 0.6 is 0 Å². The van der Waals surface area contributed by atoms with Gasteiger partial charge in [0.25, 0.3) is 0 Å². The first-order valence-electron chi connectivity index (χ1n) is 12.0. The number of nitrogens with zero attached hydrogens (tertiary/aromatic N) is 2. The summed E-state index contributed by atoms with van der Waals surface area (Å²) in [4.78, 5) is 19.7. The van der Waals surface area contributed by atoms with E-state index in [-0.39, 0.29) is 29.0 Å². The summed E-state index contributed by atoms with van der Waals surface area (Å²) in [5.41, 5.74) is 1.78. The largest absolute Gasteiger partial charge is 0.462 e. The topological polar surface area (TPSA) is 55.0 Å². The van der Waals surface area contributed by atoms with Crippen molar-refractivity contribution in [3.63, 3.8) is 0 Å². The second kappa shape index (κ2) is 7.03. The van der Waals surface area contributed by atoms with E-state index in [1.807, 2.05) is 18.5 Å². The van der Waals surface area contributed by atoms with Crippen LogP contribution in [-0.2, 0) is 14.3 Å². The van der Waals surface area contributed by atoms with Crippen LogP contribution in [0.2, 0.25) is 0 Å². The predicted octanol–water partition coefficient (Wildman–Crippen LogP) is 3.79. The molecule has 1 aromatic rings. The average Bonchev–Trinajstić information content (AvgIpc) is 3.46. The highest BCUT2D eigenvalue weighted by Gasteiger charge is 2.65. The molecule has 30 heavy (non-hydrogen) atoms. The smallest absolute Gasteiger partial charge is 0.310 e. The summed E-state index contributed by atoms with van der Waals surface area (Å²) in [6.07, 6.45) is 12.2. The molecule has 0 bridgehead atoms. The Bertz CT molecular complexity index is 802. The number of rotatable bonds is 3. The van der Waals surface area contributed by atoms with E-state index in [4.69, 9.17) is 9.47 Å². The first-order chi connectivity index (χ1) is 14.6. The fraction of sp³-hybridized carbons (Fsp3) is 0.760. The van der Waals surface area contributed by atoms with Crippen LogP contribution in [0.5, 0.6) is 0 Å². The highest BCUT2D eigenvalue weighted by molar-refractivity contribution is 5.75. The second-order valence-corrected chi connectivity index (χ2v) is 11.0. The number of carbonyl (C=O) groups is 1. The molecule has 0 amide bonds. The van der Waals surface area contributed by atoms with Crippen molar-refractivity contribution in [2.75, 3.05) is 26.2 Å². The standard InChI is InChI=1S/C25H34N2O3/c1-24-7-3-8-25(16-29-25)22(24)12-19-20(23(28)30-21(19)13-24)15-27-10-5-17(6-11-27)18-4-2-9-26-14-18/h2,4,9,14,17,19-22H,3,5-8,10-13,15-16H2,1H3. The molecule has 3 saturated heterocycles. The molecule has 1 spiro atoms. The number of hydrogen-bond acceptors (Lipinski definition) is 5. The number of aromatic nitrogens is 1. The molecule has 5 nitrogen and oxygen atoms in total. The van der Waals surface area contributed by atoms with E-state index < -0.39 is 0 Å². The lowest BCUT2D eigenvalue weighted by Gasteiger charge is -2.51. The Labute approximate surface area is 179 Å². The van der Waals surface area contributed by atoms with Crippen LogP contribution in [0.15, 0.2) is 24.5 Å². The van der Waals surface area contributed by atoms with Gasteiger partial charge < -0.3 is 14.4 Å². The maximum Gasteiger partial charge on any atom is 0.310 e. The van der Waals surface area contributed by atoms with E-state index >= 15 is 0 Å². The first kappa shape index (κ1) is 19.2. The molecule has 2 aliphatic carbocycles. The third-order valence-corrected chi connectivity index (χ3v) is 9.28. The minimum atomic E-state index is 0.0484. The number of carbonyl (C=O) groups excluding carboxylic acids is 1. The summed E-state index contributed by atoms with van der Waals surface area (Å²) in [5.74, 6) is 1.70. The molecule has 0 aromatic carbocycles. The molecule has 0 radical (unpaired) electrons. The Balaban J connectivity index is 1.12. The molecule has 4 heterocycles. The van der Waals surface area contributed by atoms with E-state index in [9.17, 15) is 4.79 Å². The van der Waals surface area contributed by atoms with Crippen molar-refractivity contribution in [2.45, 2.75) is 69.5 Å². The van der Waals surface area contributed by atoms with E-state index in [1.54, 1.807) is 0 Å². The molecule has 2 saturated carbocycles. The Morgan fingerprint density at radius 3 is 2.83 bits per heavy atom. The van der Waals surface area contributed by atoms with Gasteiger partial charge in [-0.1, -0.05) is 13.0 Å². The van der Waals surface area contributed by atoms with Gasteiger partial charge in [0.05, 0.1) is 18.1 Å². The molecule has 5 fully saturated rings. The quantitative estimate of drug-likeness (QED) is 0.561. The summed E-state index contributed by atoms with van der Waals surface area (Å²) in [5, 5.41) is 0. The van der Waals surface area contributed by atoms with Gasteiger partial charge in [-0.3, -0.25) is 9.78 Å². The molecule has 5 heteroatoms. The maximum absolute atomic E-state index is 12.9. The number of piperidine rings is 1. The van der Waals surface area contributed by atoms with Crippen molar-refractivity contribution < 1.29 is 14.3 Å². The number of pyridine rings is 1. The summed E-state index contributed by atoms with van der Waals surface area (Å²) in [6.45, 7) is 6.37. The molecule has 5 aliphatic rings. The molecular formula is C25H34N2O3. The summed E-state index contributed by atoms with van der Waals surface area (Å²) < 4.78 is 12.0. The molecule has 6 atom stereocenters. The van der Waals surface area contributed by atoms with E-state index in [0.29, 0.717) is 17.8 Å². The lowest BCUT2D eigenvalue weighted by atomic mass is 9.53. The molecule has 6 unspecified atom stereocenters. The van der Waals surface area contributed by atoms with Gasteiger partial charge in [0, 0.05) is 24.9 Å². The summed E-state index contributed by atoms with van der Waals surface area (Å²) >= 11 is 0. The third kappa shape index (κ3) is 3.12. The zero-order valence-electron chi connectivity index (χ0n) is 18.1. The highest BCUT2D eigenvalue weighted by atomic mass is 16.6. The Hall–Kier alpha value is -1.46. The third-order valence-electron chi connectivity index (χ3n) is 9.28. The fourth-order valence-corrected chi connectivity index (χ4v) is 7.51. The lowest BCUT2D eigenvalue weighted by molar-refractivity contribution is -0.147. The normalized spacial score (nSPS) is 43.8. The zero-order valence-corrected chi connectivity index (χ0v) is 18.1. The van der Waals surface area contributed by atoms with Crippen molar-refractivity contribution >= 4 is 5.97 Å². The number of likely N-dealkylation sites (tertiary alicyclic amines) is 1. The summed E-state index contributed by atoms with van der Waals surface area (Å²) in [6, 6.07) is 4.24. The lowest BCUT2D eigenvalue weighted by Crippen LogP contribution is -2.51. The first-order valence-corrected chi connectivity index (χ1v) is 12.0. The fourth-order valence-electron chi connectivity index (χ4n) is 7.51. The van der Waals surface area contributed by atoms with Crippen LogP contribution in [0, 0.1) is 23.2 Å². The van der Waals surface area contributed by atoms with Crippen LogP contribution in [0.3, 0.4) is 0 Å². The van der Waals surface area contributed by atoms with Gasteiger partial charge in [-0.2, -0.15) is 0 Å². The van der Waals surface area contributed by atoms with E-state index in [0.717, 1.165) is 51.9 Å². The molecule has 0 N–H and O–H groups in total. The average molecular weight is 411 g/mol. The van der Waals surface area contributed by atoms with Gasteiger partial charge in [-0.25, -0.2) is 0 Å². The van der Waals surface area contributed by atoms with Crippen molar-refractivity contribution in [1.29, 1.82) is 0 Å². The SMILES string of the molecule is CC12CCCC3(CO3)C1CC1C(C2)OC(=O)C1CN1CCC(c2cccnc2)CC1. The molecular weight excluding hydrogens is 376 g/mol. The van der Waals surface area contributed by atoms with Crippen molar-refractivity contribution in [3.05, 3.63) is 30.1 Å². The molecule has 6 rings (SSSR count). The number of epoxide rings is 1. The Morgan fingerprint density at radius 2 is 2.10 bits per heavy atom. The van der Waals surface area contributed by atoms with Crippen molar-refractivity contribution in [2.24, 2.45) is 23.2 Å². The van der Waals surface area contributed by atoms with Gasteiger partial charge in [0.15, 0.2) is 0 Å². The number of fused-ring (bicyclic) bond motifs is 3. The summed E-state index contributed by atoms with van der Waals surface area (Å²) in [7, 11) is 0. The Kier molecular flexibility index (Phi) is 4.51. The Morgan fingerprint density at radius 1 is 1.27 bits per heavy atom. The van der Waals surface area contributed by atoms with E-state index in [1.165, 1.54) is 24.8 Å². The van der Waals surface area contributed by atoms with Crippen molar-refractivity contribution in [3.8, 4) is 0 Å². The van der Waals surface area contributed by atoms with E-state index in [2.05, 4.69) is 22.9 Å². The molecule has 162 valence electrons. The van der Waals surface area contributed by atoms with Crippen LogP contribution in [0.1, 0.15) is 63.4 Å². The van der Waals surface area contributed by atoms with Gasteiger partial charge >= 0.3 is 5.97 Å². The number of ether oxygens (including phenoxy) is 2. The molecule has 1 aromatic heterocycles. The second-order valence-electron chi connectivity index (χ2n) is 11.0. The number of hydrogen-bond donors (Lipinski definition) is 0. The zero-order chi connectivity index (χ0) is 20.3. The van der Waals surface area contributed by atoms with Crippen LogP contribution in [0.4, 0.5) is 0 Å². The number of esters is 1. The van der Waals surface area contributed by atoms with Crippen LogP contribution in [-0.4, -0.2) is 53.8 Å². The minimum Gasteiger partial charge on any atom is -0.462 e. The van der Waals surface area contributed by atoms with Gasteiger partial charge in [0.1, 0.15) is 6.10 Å². The predicted molar refractivity (Wildman–Crippen MR) is 113 cm³/mol. The van der Waals surface area contributed by atoms with Crippen LogP contribution < -0.4 is 0 Å². The van der Waals surface area contributed by atoms with Gasteiger partial charge in [-0.15, -0.1) is 0 Å². The van der Waals surface area contributed by atoms with Gasteiger partial charge in [-0.05, 0) is 86.9 Å². The minimum absolute atomic E-state index is 0.0484. The van der Waals surface area contributed by atoms with Crippen molar-refractivity contribution in [1.82, 2.24) is 9.88 Å². The monoisotopic (exact) mass is 410 g/mol. The maximum atomic E-state index is 12.9. The van der Waals surface area contributed by atoms with Crippen LogP contribution in [0.25, 0.3) is 0 Å². The van der Waals surface area contributed by atoms with Gasteiger partial charge in [0.2, 0.25) is 0 Å². The highest BCUT2D eigenvalue weighted by Crippen LogP contribution is 2.62. The molecule has 3 aliphatic heterocycles.